The Labute approximate surface area is 94.1 Å². The van der Waals surface area contributed by atoms with Crippen molar-refractivity contribution in [3.8, 4) is 0 Å². The summed E-state index contributed by atoms with van der Waals surface area (Å²) in [6.07, 6.45) is -2.84. The summed E-state index contributed by atoms with van der Waals surface area (Å²) in [5.41, 5.74) is 0. The Kier molecular flexibility index (Phi) is 3.47. The van der Waals surface area contributed by atoms with Gasteiger partial charge in [-0.05, 0) is 0 Å². The predicted molar refractivity (Wildman–Crippen MR) is 46.8 cm³/mol. The molecule has 1 aliphatic rings. The van der Waals surface area contributed by atoms with Crippen LogP contribution < -0.4 is 0 Å². The molecular weight excluding hydrogens is 258 g/mol. The van der Waals surface area contributed by atoms with Gasteiger partial charge in [-0.15, -0.1) is 0 Å². The van der Waals surface area contributed by atoms with E-state index in [0.29, 0.717) is 0 Å². The largest absolute Gasteiger partial charge is 0.426 e. The van der Waals surface area contributed by atoms with Crippen LogP contribution in [0.5, 0.6) is 0 Å². The summed E-state index contributed by atoms with van der Waals surface area (Å²) >= 11 is 16.2. The fourth-order valence-electron chi connectivity index (χ4n) is 0.727. The number of halogens is 3. The molecule has 2 atom stereocenters. The Morgan fingerprint density at radius 2 is 2.07 bits per heavy atom. The molecule has 1 rings (SSSR count). The Morgan fingerprint density at radius 1 is 1.50 bits per heavy atom. The number of carbonyl (C=O) groups is 2. The molecule has 1 fully saturated rings. The average molecular weight is 263 g/mol. The van der Waals surface area contributed by atoms with Gasteiger partial charge >= 0.3 is 18.2 Å². The lowest BCUT2D eigenvalue weighted by Crippen LogP contribution is -2.28. The van der Waals surface area contributed by atoms with E-state index in [1.165, 1.54) is 0 Å². The van der Waals surface area contributed by atoms with Gasteiger partial charge < -0.3 is 9.47 Å². The van der Waals surface area contributed by atoms with Gasteiger partial charge in [-0.3, -0.25) is 9.53 Å². The van der Waals surface area contributed by atoms with Crippen LogP contribution in [0.1, 0.15) is 6.92 Å². The second-order valence-electron chi connectivity index (χ2n) is 2.39. The van der Waals surface area contributed by atoms with Crippen molar-refractivity contribution in [2.45, 2.75) is 23.3 Å². The molecule has 0 saturated carbocycles. The molecule has 80 valence electrons. The molecule has 0 aromatic carbocycles. The molecule has 0 amide bonds. The second kappa shape index (κ2) is 4.10. The lowest BCUT2D eigenvalue weighted by atomic mass is 10.6. The van der Waals surface area contributed by atoms with Crippen molar-refractivity contribution >= 4 is 46.7 Å². The first-order valence-corrected chi connectivity index (χ1v) is 4.54. The zero-order valence-corrected chi connectivity index (χ0v) is 9.10. The highest BCUT2D eigenvalue weighted by atomic mass is 35.6. The van der Waals surface area contributed by atoms with Gasteiger partial charge in [-0.2, -0.15) is 0 Å². The van der Waals surface area contributed by atoms with Gasteiger partial charge in [-0.1, -0.05) is 34.8 Å². The van der Waals surface area contributed by atoms with Crippen LogP contribution in [0.4, 0.5) is 0 Å². The maximum absolute atomic E-state index is 11.0. The third-order valence-electron chi connectivity index (χ3n) is 1.20. The monoisotopic (exact) mass is 262 g/mol. The van der Waals surface area contributed by atoms with E-state index < -0.39 is 28.3 Å². The average Bonchev–Trinajstić information content (AvgIpc) is 2.30. The van der Waals surface area contributed by atoms with Crippen molar-refractivity contribution in [2.24, 2.45) is 0 Å². The van der Waals surface area contributed by atoms with E-state index in [4.69, 9.17) is 39.5 Å². The van der Waals surface area contributed by atoms with Crippen molar-refractivity contribution in [2.75, 3.05) is 0 Å². The van der Waals surface area contributed by atoms with Crippen LogP contribution >= 0.6 is 34.8 Å². The summed E-state index contributed by atoms with van der Waals surface area (Å²) in [5, 5.41) is 0. The summed E-state index contributed by atoms with van der Waals surface area (Å²) in [7, 11) is 0. The number of hydrogen-bond acceptors (Lipinski definition) is 5. The third-order valence-corrected chi connectivity index (χ3v) is 1.74. The molecule has 8 heteroatoms. The first kappa shape index (κ1) is 11.8. The molecule has 0 N–H and O–H groups in total. The summed E-state index contributed by atoms with van der Waals surface area (Å²) in [6, 6.07) is 0. The smallest absolute Gasteiger partial charge is 0.379 e. The minimum Gasteiger partial charge on any atom is -0.426 e. The predicted octanol–water partition coefficient (Wildman–Crippen LogP) is 1.15. The van der Waals surface area contributed by atoms with Crippen LogP contribution in [0.3, 0.4) is 0 Å². The molecule has 1 unspecified atom stereocenters. The van der Waals surface area contributed by atoms with E-state index in [2.05, 4.69) is 9.47 Å². The lowest BCUT2D eigenvalue weighted by Gasteiger charge is -2.16. The number of rotatable bonds is 1. The molecule has 1 heterocycles. The van der Waals surface area contributed by atoms with Gasteiger partial charge in [0, 0.05) is 6.92 Å². The summed E-state index contributed by atoms with van der Waals surface area (Å²) in [6.45, 7) is 1.11. The fourth-order valence-corrected chi connectivity index (χ4v) is 1.02. The number of carbonyl (C=O) groups excluding carboxylic acids is 2. The SMILES string of the molecule is CC(=O)OC1O[C@H](C(Cl)(Cl)Cl)OC1=O. The summed E-state index contributed by atoms with van der Waals surface area (Å²) < 4.78 is 11.8. The lowest BCUT2D eigenvalue weighted by molar-refractivity contribution is -0.177. The maximum Gasteiger partial charge on any atom is 0.379 e. The zero-order chi connectivity index (χ0) is 10.9. The van der Waals surface area contributed by atoms with Crippen molar-refractivity contribution < 1.29 is 23.8 Å². The minimum atomic E-state index is -1.91. The van der Waals surface area contributed by atoms with E-state index in [-0.39, 0.29) is 0 Å². The molecule has 0 aliphatic carbocycles. The summed E-state index contributed by atoms with van der Waals surface area (Å²) in [4.78, 5) is 21.5. The molecule has 0 aromatic heterocycles. The van der Waals surface area contributed by atoms with Crippen molar-refractivity contribution in [3.63, 3.8) is 0 Å². The number of cyclic esters (lactones) is 1. The fraction of sp³-hybridized carbons (Fsp3) is 0.667. The van der Waals surface area contributed by atoms with Crippen LogP contribution in [-0.4, -0.2) is 28.3 Å². The molecule has 0 spiro atoms. The van der Waals surface area contributed by atoms with Crippen LogP contribution in [0.15, 0.2) is 0 Å². The van der Waals surface area contributed by atoms with Gasteiger partial charge in [0.1, 0.15) is 0 Å². The number of ether oxygens (including phenoxy) is 3. The normalized spacial score (nSPS) is 27.3. The Bertz CT molecular complexity index is 261. The Morgan fingerprint density at radius 3 is 2.43 bits per heavy atom. The molecule has 5 nitrogen and oxygen atoms in total. The van der Waals surface area contributed by atoms with E-state index in [0.717, 1.165) is 6.92 Å². The van der Waals surface area contributed by atoms with Crippen molar-refractivity contribution in [1.82, 2.24) is 0 Å². The highest BCUT2D eigenvalue weighted by Gasteiger charge is 2.48. The minimum absolute atomic E-state index is 0.697. The first-order chi connectivity index (χ1) is 6.30. The van der Waals surface area contributed by atoms with Gasteiger partial charge in [0.25, 0.3) is 10.1 Å². The van der Waals surface area contributed by atoms with E-state index in [1.54, 1.807) is 0 Å². The number of alkyl halides is 3. The molecule has 1 saturated heterocycles. The van der Waals surface area contributed by atoms with E-state index in [1.807, 2.05) is 0 Å². The van der Waals surface area contributed by atoms with Gasteiger partial charge in [0.15, 0.2) is 0 Å². The summed E-state index contributed by atoms with van der Waals surface area (Å²) in [5.74, 6) is -1.60. The molecular formula is C6H5Cl3O5. The van der Waals surface area contributed by atoms with E-state index in [9.17, 15) is 9.59 Å². The van der Waals surface area contributed by atoms with Crippen molar-refractivity contribution in [3.05, 3.63) is 0 Å². The van der Waals surface area contributed by atoms with Crippen LogP contribution in [0.2, 0.25) is 0 Å². The maximum atomic E-state index is 11.0. The number of esters is 2. The first-order valence-electron chi connectivity index (χ1n) is 3.40. The van der Waals surface area contributed by atoms with Crippen LogP contribution in [0, 0.1) is 0 Å². The van der Waals surface area contributed by atoms with Crippen LogP contribution in [0.25, 0.3) is 0 Å². The molecule has 0 aromatic rings. The van der Waals surface area contributed by atoms with Gasteiger partial charge in [0.05, 0.1) is 0 Å². The highest BCUT2D eigenvalue weighted by molar-refractivity contribution is 6.68. The second-order valence-corrected chi connectivity index (χ2v) is 4.76. The van der Waals surface area contributed by atoms with Gasteiger partial charge in [0.2, 0.25) is 0 Å². The molecule has 1 aliphatic heterocycles. The van der Waals surface area contributed by atoms with Gasteiger partial charge in [-0.25, -0.2) is 4.79 Å². The molecule has 0 radical (unpaired) electrons. The van der Waals surface area contributed by atoms with Crippen LogP contribution in [-0.2, 0) is 23.8 Å². The Balaban J connectivity index is 2.60. The third kappa shape index (κ3) is 2.88. The highest BCUT2D eigenvalue weighted by Crippen LogP contribution is 2.36. The van der Waals surface area contributed by atoms with Crippen molar-refractivity contribution in [1.29, 1.82) is 0 Å². The topological polar surface area (TPSA) is 61.8 Å². The zero-order valence-electron chi connectivity index (χ0n) is 6.83. The standard InChI is InChI=1S/C6H5Cl3O5/c1-2(10)12-4-3(11)13-5(14-4)6(7,8)9/h4-5H,1H3/t4?,5-/m1/s1. The van der Waals surface area contributed by atoms with E-state index >= 15 is 0 Å². The number of hydrogen-bond donors (Lipinski definition) is 0. The molecule has 0 bridgehead atoms. The quantitative estimate of drug-likeness (QED) is 0.524. The molecule has 14 heavy (non-hydrogen) atoms. The Hall–Kier alpha value is -0.230.